The van der Waals surface area contributed by atoms with E-state index < -0.39 is 5.97 Å². The summed E-state index contributed by atoms with van der Waals surface area (Å²) in [5.74, 6) is 5.16. The number of benzene rings is 3. The van der Waals surface area contributed by atoms with Crippen LogP contribution in [0.3, 0.4) is 0 Å². The Hall–Kier alpha value is -3.77. The molecule has 0 radical (unpaired) electrons. The highest BCUT2D eigenvalue weighted by Crippen LogP contribution is 2.28. The van der Waals surface area contributed by atoms with Crippen molar-refractivity contribution in [2.45, 2.75) is 6.92 Å². The number of aromatic carboxylic acids is 1. The summed E-state index contributed by atoms with van der Waals surface area (Å²) in [4.78, 5) is 10.9. The summed E-state index contributed by atoms with van der Waals surface area (Å²) in [6.07, 6.45) is 3.57. The van der Waals surface area contributed by atoms with Gasteiger partial charge in [0.15, 0.2) is 0 Å². The first-order valence-electron chi connectivity index (χ1n) is 8.44. The number of carboxylic acids is 1. The van der Waals surface area contributed by atoms with Gasteiger partial charge < -0.3 is 10.2 Å². The van der Waals surface area contributed by atoms with Crippen LogP contribution >= 0.6 is 0 Å². The van der Waals surface area contributed by atoms with Crippen molar-refractivity contribution in [1.82, 2.24) is 0 Å². The summed E-state index contributed by atoms with van der Waals surface area (Å²) >= 11 is 0. The third kappa shape index (κ3) is 4.65. The molecule has 0 amide bonds. The van der Waals surface area contributed by atoms with Crippen LogP contribution in [0.1, 0.15) is 27.0 Å². The standard InChI is InChI=1S/C24H18O3/c1-17-6-10-19(11-7-17)23-15-14-22(25)16-21(23)5-3-2-4-18-8-12-20(13-9-18)24(26)27/h3,5-16,25H,1H3,(H,26,27). The number of hydrogen-bond acceptors (Lipinski definition) is 2. The average molecular weight is 354 g/mol. The molecule has 0 aliphatic carbocycles. The van der Waals surface area contributed by atoms with Gasteiger partial charge in [-0.25, -0.2) is 4.79 Å². The summed E-state index contributed by atoms with van der Waals surface area (Å²) in [5.41, 5.74) is 5.11. The Labute approximate surface area is 158 Å². The van der Waals surface area contributed by atoms with Gasteiger partial charge in [0.2, 0.25) is 0 Å². The molecule has 3 nitrogen and oxygen atoms in total. The first-order chi connectivity index (χ1) is 13.0. The molecule has 0 fully saturated rings. The minimum atomic E-state index is -0.957. The molecule has 0 atom stereocenters. The lowest BCUT2D eigenvalue weighted by atomic mass is 9.98. The van der Waals surface area contributed by atoms with Gasteiger partial charge in [-0.2, -0.15) is 0 Å². The molecule has 132 valence electrons. The molecule has 0 aliphatic rings. The number of aryl methyl sites for hydroxylation is 1. The number of rotatable bonds is 3. The molecule has 0 aliphatic heterocycles. The maximum absolute atomic E-state index is 10.9. The van der Waals surface area contributed by atoms with E-state index in [1.54, 1.807) is 30.3 Å². The van der Waals surface area contributed by atoms with Crippen LogP contribution in [0.25, 0.3) is 17.2 Å². The van der Waals surface area contributed by atoms with Crippen LogP contribution in [-0.2, 0) is 0 Å². The Morgan fingerprint density at radius 1 is 0.963 bits per heavy atom. The second-order valence-corrected chi connectivity index (χ2v) is 6.12. The summed E-state index contributed by atoms with van der Waals surface area (Å²) in [6.45, 7) is 2.04. The van der Waals surface area contributed by atoms with Crippen molar-refractivity contribution in [2.75, 3.05) is 0 Å². The quantitative estimate of drug-likeness (QED) is 0.641. The molecule has 0 heterocycles. The molecule has 3 aromatic rings. The van der Waals surface area contributed by atoms with Gasteiger partial charge in [-0.3, -0.25) is 0 Å². The Morgan fingerprint density at radius 2 is 1.67 bits per heavy atom. The van der Waals surface area contributed by atoms with Gasteiger partial charge in [-0.1, -0.05) is 47.7 Å². The van der Waals surface area contributed by atoms with Gasteiger partial charge in [-0.15, -0.1) is 0 Å². The van der Waals surface area contributed by atoms with E-state index in [2.05, 4.69) is 36.1 Å². The number of phenols is 1. The van der Waals surface area contributed by atoms with Crippen LogP contribution in [-0.4, -0.2) is 16.2 Å². The largest absolute Gasteiger partial charge is 0.508 e. The van der Waals surface area contributed by atoms with E-state index in [4.69, 9.17) is 5.11 Å². The minimum Gasteiger partial charge on any atom is -0.508 e. The van der Waals surface area contributed by atoms with E-state index in [1.165, 1.54) is 17.7 Å². The number of phenolic OH excluding ortho intramolecular Hbond substituents is 1. The molecular weight excluding hydrogens is 336 g/mol. The highest BCUT2D eigenvalue weighted by atomic mass is 16.4. The summed E-state index contributed by atoms with van der Waals surface area (Å²) in [5, 5.41) is 18.7. The number of carboxylic acid groups (broad SMARTS) is 1. The number of carbonyl (C=O) groups is 1. The first-order valence-corrected chi connectivity index (χ1v) is 8.44. The van der Waals surface area contributed by atoms with E-state index in [0.29, 0.717) is 0 Å². The topological polar surface area (TPSA) is 57.5 Å². The van der Waals surface area contributed by atoms with Gasteiger partial charge in [0.25, 0.3) is 0 Å². The molecule has 3 heteroatoms. The lowest BCUT2D eigenvalue weighted by molar-refractivity contribution is 0.0697. The molecule has 27 heavy (non-hydrogen) atoms. The molecule has 0 aromatic heterocycles. The Morgan fingerprint density at radius 3 is 2.33 bits per heavy atom. The van der Waals surface area contributed by atoms with Crippen LogP contribution in [0.2, 0.25) is 0 Å². The third-order valence-electron chi connectivity index (χ3n) is 4.09. The van der Waals surface area contributed by atoms with E-state index in [0.717, 1.165) is 22.3 Å². The fourth-order valence-corrected chi connectivity index (χ4v) is 2.64. The first kappa shape index (κ1) is 18.0. The maximum Gasteiger partial charge on any atom is 0.335 e. The van der Waals surface area contributed by atoms with E-state index in [1.807, 2.05) is 19.1 Å². The minimum absolute atomic E-state index is 0.197. The fraction of sp³-hybridized carbons (Fsp3) is 0.0417. The summed E-state index contributed by atoms with van der Waals surface area (Å²) in [6, 6.07) is 19.9. The Balaban J connectivity index is 1.84. The molecule has 3 aromatic carbocycles. The molecule has 0 saturated heterocycles. The van der Waals surface area contributed by atoms with Crippen LogP contribution < -0.4 is 0 Å². The van der Waals surface area contributed by atoms with Crippen molar-refractivity contribution in [3.8, 4) is 28.7 Å². The van der Waals surface area contributed by atoms with Crippen LogP contribution in [0.15, 0.2) is 72.8 Å². The third-order valence-corrected chi connectivity index (χ3v) is 4.09. The molecule has 2 N–H and O–H groups in total. The Kier molecular flexibility index (Phi) is 5.39. The van der Waals surface area contributed by atoms with Gasteiger partial charge >= 0.3 is 5.97 Å². The van der Waals surface area contributed by atoms with Crippen molar-refractivity contribution in [3.63, 3.8) is 0 Å². The molecule has 3 rings (SSSR count). The number of aromatic hydroxyl groups is 1. The second-order valence-electron chi connectivity index (χ2n) is 6.12. The number of hydrogen-bond donors (Lipinski definition) is 2. The van der Waals surface area contributed by atoms with Gasteiger partial charge in [0.1, 0.15) is 5.75 Å². The van der Waals surface area contributed by atoms with E-state index >= 15 is 0 Å². The normalized spacial score (nSPS) is 10.4. The predicted molar refractivity (Wildman–Crippen MR) is 108 cm³/mol. The van der Waals surface area contributed by atoms with Crippen molar-refractivity contribution >= 4 is 12.0 Å². The van der Waals surface area contributed by atoms with Crippen LogP contribution in [0, 0.1) is 18.8 Å². The van der Waals surface area contributed by atoms with Crippen molar-refractivity contribution in [2.24, 2.45) is 0 Å². The molecule has 0 unspecified atom stereocenters. The van der Waals surface area contributed by atoms with Crippen LogP contribution in [0.5, 0.6) is 5.75 Å². The highest BCUT2D eigenvalue weighted by Gasteiger charge is 2.04. The molecule has 0 spiro atoms. The smallest absolute Gasteiger partial charge is 0.335 e. The molecule has 0 bridgehead atoms. The van der Waals surface area contributed by atoms with Gasteiger partial charge in [-0.05, 0) is 72.2 Å². The zero-order valence-electron chi connectivity index (χ0n) is 14.8. The van der Waals surface area contributed by atoms with Crippen molar-refractivity contribution in [3.05, 3.63) is 95.1 Å². The van der Waals surface area contributed by atoms with Crippen molar-refractivity contribution < 1.29 is 15.0 Å². The lowest BCUT2D eigenvalue weighted by Crippen LogP contribution is -1.94. The molecular formula is C24H18O3. The zero-order chi connectivity index (χ0) is 19.2. The van der Waals surface area contributed by atoms with Crippen molar-refractivity contribution in [1.29, 1.82) is 0 Å². The summed E-state index contributed by atoms with van der Waals surface area (Å²) in [7, 11) is 0. The second kappa shape index (κ2) is 8.07. The van der Waals surface area contributed by atoms with E-state index in [9.17, 15) is 9.90 Å². The predicted octanol–water partition coefficient (Wildman–Crippen LogP) is 5.13. The van der Waals surface area contributed by atoms with Gasteiger partial charge in [0.05, 0.1) is 5.56 Å². The average Bonchev–Trinajstić information content (AvgIpc) is 2.66. The fourth-order valence-electron chi connectivity index (χ4n) is 2.64. The number of allylic oxidation sites excluding steroid dienone is 1. The SMILES string of the molecule is Cc1ccc(-c2ccc(O)cc2C=CC#Cc2ccc(C(=O)O)cc2)cc1. The van der Waals surface area contributed by atoms with Crippen LogP contribution in [0.4, 0.5) is 0 Å². The Bertz CT molecular complexity index is 1050. The van der Waals surface area contributed by atoms with Gasteiger partial charge in [0, 0.05) is 5.56 Å². The maximum atomic E-state index is 10.9. The van der Waals surface area contributed by atoms with E-state index in [-0.39, 0.29) is 11.3 Å². The highest BCUT2D eigenvalue weighted by molar-refractivity contribution is 5.87. The molecule has 0 saturated carbocycles. The monoisotopic (exact) mass is 354 g/mol. The zero-order valence-corrected chi connectivity index (χ0v) is 14.8. The lowest BCUT2D eigenvalue weighted by Gasteiger charge is -2.07. The summed E-state index contributed by atoms with van der Waals surface area (Å²) < 4.78 is 0.